The van der Waals surface area contributed by atoms with Gasteiger partial charge in [-0.2, -0.15) is 0 Å². The van der Waals surface area contributed by atoms with Gasteiger partial charge in [0.1, 0.15) is 6.54 Å². The number of hydrogen-bond donors (Lipinski definition) is 1. The summed E-state index contributed by atoms with van der Waals surface area (Å²) in [6, 6.07) is 7.13. The van der Waals surface area contributed by atoms with Crippen LogP contribution in [0.25, 0.3) is 0 Å². The summed E-state index contributed by atoms with van der Waals surface area (Å²) in [5.74, 6) is -0.861. The van der Waals surface area contributed by atoms with Gasteiger partial charge in [-0.25, -0.2) is 0 Å². The number of benzene rings is 1. The molecule has 1 N–H and O–H groups in total. The van der Waals surface area contributed by atoms with E-state index in [4.69, 9.17) is 26.2 Å². The van der Waals surface area contributed by atoms with Gasteiger partial charge in [0.05, 0.1) is 13.2 Å². The minimum Gasteiger partial charge on any atom is -0.480 e. The Labute approximate surface area is 124 Å². The highest BCUT2D eigenvalue weighted by Gasteiger charge is 2.10. The van der Waals surface area contributed by atoms with Gasteiger partial charge in [-0.3, -0.25) is 4.79 Å². The van der Waals surface area contributed by atoms with Gasteiger partial charge in [0.15, 0.2) is 0 Å². The van der Waals surface area contributed by atoms with Gasteiger partial charge in [-0.05, 0) is 30.7 Å². The molecule has 0 atom stereocenters. The van der Waals surface area contributed by atoms with Crippen LogP contribution < -0.4 is 4.90 Å². The quantitative estimate of drug-likeness (QED) is 0.672. The topological polar surface area (TPSA) is 59.0 Å². The molecule has 0 saturated carbocycles. The van der Waals surface area contributed by atoms with Crippen LogP contribution in [0.2, 0.25) is 5.02 Å². The largest absolute Gasteiger partial charge is 0.480 e. The van der Waals surface area contributed by atoms with Gasteiger partial charge in [-0.1, -0.05) is 11.6 Å². The fraction of sp³-hybridized carbons (Fsp3) is 0.500. The Bertz CT molecular complexity index is 397. The fourth-order valence-corrected chi connectivity index (χ4v) is 1.84. The van der Waals surface area contributed by atoms with Crippen molar-refractivity contribution in [3.8, 4) is 0 Å². The second-order valence-electron chi connectivity index (χ2n) is 4.25. The number of nitrogens with zero attached hydrogens (tertiary/aromatic N) is 1. The minimum absolute atomic E-state index is 0.0420. The molecule has 0 aliphatic carbocycles. The molecule has 0 aromatic heterocycles. The van der Waals surface area contributed by atoms with E-state index in [-0.39, 0.29) is 6.54 Å². The average Bonchev–Trinajstić information content (AvgIpc) is 2.42. The molecule has 0 bridgehead atoms. The van der Waals surface area contributed by atoms with Crippen molar-refractivity contribution in [1.29, 1.82) is 0 Å². The van der Waals surface area contributed by atoms with Crippen molar-refractivity contribution in [2.24, 2.45) is 0 Å². The van der Waals surface area contributed by atoms with Gasteiger partial charge in [0, 0.05) is 31.0 Å². The molecule has 0 unspecified atom stereocenters. The highest BCUT2D eigenvalue weighted by Crippen LogP contribution is 2.18. The maximum absolute atomic E-state index is 10.9. The average molecular weight is 302 g/mol. The Hall–Kier alpha value is -1.30. The van der Waals surface area contributed by atoms with Crippen molar-refractivity contribution < 1.29 is 19.4 Å². The first-order valence-electron chi connectivity index (χ1n) is 6.42. The Kier molecular flexibility index (Phi) is 8.02. The fourth-order valence-electron chi connectivity index (χ4n) is 1.72. The van der Waals surface area contributed by atoms with Gasteiger partial charge in [0.2, 0.25) is 0 Å². The lowest BCUT2D eigenvalue weighted by Crippen LogP contribution is -2.31. The third kappa shape index (κ3) is 6.75. The van der Waals surface area contributed by atoms with Crippen molar-refractivity contribution >= 4 is 23.3 Å². The van der Waals surface area contributed by atoms with Crippen molar-refractivity contribution in [3.05, 3.63) is 29.3 Å². The molecule has 5 nitrogen and oxygen atoms in total. The summed E-state index contributed by atoms with van der Waals surface area (Å²) in [6.07, 6.45) is 0.750. The molecule has 0 radical (unpaired) electrons. The third-order valence-corrected chi connectivity index (χ3v) is 2.92. The molecular weight excluding hydrogens is 282 g/mol. The van der Waals surface area contributed by atoms with Crippen LogP contribution in [-0.2, 0) is 14.3 Å². The molecule has 1 aromatic carbocycles. The van der Waals surface area contributed by atoms with Crippen LogP contribution in [0.15, 0.2) is 24.3 Å². The number of aliphatic carboxylic acids is 1. The molecule has 1 aromatic rings. The lowest BCUT2D eigenvalue weighted by atomic mass is 10.2. The standard InChI is InChI=1S/C14H20ClNO4/c1-19-9-10-20-8-2-7-16(11-14(17)18)13-5-3-12(15)4-6-13/h3-6H,2,7-11H2,1H3,(H,17,18). The maximum Gasteiger partial charge on any atom is 0.323 e. The third-order valence-electron chi connectivity index (χ3n) is 2.67. The smallest absolute Gasteiger partial charge is 0.323 e. The van der Waals surface area contributed by atoms with Crippen molar-refractivity contribution in [3.63, 3.8) is 0 Å². The maximum atomic E-state index is 10.9. The van der Waals surface area contributed by atoms with E-state index in [1.165, 1.54) is 0 Å². The normalized spacial score (nSPS) is 10.5. The first kappa shape index (κ1) is 16.8. The molecule has 0 aliphatic rings. The van der Waals surface area contributed by atoms with Crippen molar-refractivity contribution in [2.75, 3.05) is 44.9 Å². The summed E-state index contributed by atoms with van der Waals surface area (Å²) in [5, 5.41) is 9.59. The summed E-state index contributed by atoms with van der Waals surface area (Å²) < 4.78 is 10.2. The summed E-state index contributed by atoms with van der Waals surface area (Å²) in [5.41, 5.74) is 0.841. The zero-order chi connectivity index (χ0) is 14.8. The highest BCUT2D eigenvalue weighted by atomic mass is 35.5. The molecule has 0 aliphatic heterocycles. The lowest BCUT2D eigenvalue weighted by molar-refractivity contribution is -0.135. The Morgan fingerprint density at radius 2 is 1.95 bits per heavy atom. The van der Waals surface area contributed by atoms with E-state index >= 15 is 0 Å². The lowest BCUT2D eigenvalue weighted by Gasteiger charge is -2.22. The van der Waals surface area contributed by atoms with Gasteiger partial charge in [0.25, 0.3) is 0 Å². The number of anilines is 1. The number of rotatable bonds is 10. The Morgan fingerprint density at radius 3 is 2.55 bits per heavy atom. The van der Waals surface area contributed by atoms with E-state index in [1.807, 2.05) is 12.1 Å². The first-order valence-corrected chi connectivity index (χ1v) is 6.80. The highest BCUT2D eigenvalue weighted by molar-refractivity contribution is 6.30. The van der Waals surface area contributed by atoms with E-state index in [1.54, 1.807) is 24.1 Å². The van der Waals surface area contributed by atoms with E-state index < -0.39 is 5.97 Å². The molecule has 112 valence electrons. The second-order valence-corrected chi connectivity index (χ2v) is 4.69. The summed E-state index contributed by atoms with van der Waals surface area (Å²) in [6.45, 7) is 2.26. The molecular formula is C14H20ClNO4. The van der Waals surface area contributed by atoms with Crippen LogP contribution in [-0.4, -0.2) is 51.1 Å². The van der Waals surface area contributed by atoms with Crippen LogP contribution in [0.4, 0.5) is 5.69 Å². The molecule has 0 heterocycles. The number of carboxylic acid groups (broad SMARTS) is 1. The van der Waals surface area contributed by atoms with E-state index in [0.717, 1.165) is 12.1 Å². The molecule has 0 fully saturated rings. The van der Waals surface area contributed by atoms with Gasteiger partial charge in [-0.15, -0.1) is 0 Å². The number of carboxylic acids is 1. The summed E-state index contributed by atoms with van der Waals surface area (Å²) in [4.78, 5) is 12.7. The molecule has 6 heteroatoms. The van der Waals surface area contributed by atoms with Crippen LogP contribution in [0.5, 0.6) is 0 Å². The summed E-state index contributed by atoms with van der Waals surface area (Å²) >= 11 is 5.83. The number of methoxy groups -OCH3 is 1. The summed E-state index contributed by atoms with van der Waals surface area (Å²) in [7, 11) is 1.62. The van der Waals surface area contributed by atoms with E-state index in [2.05, 4.69) is 0 Å². The molecule has 0 amide bonds. The number of halogens is 1. The number of carbonyl (C=O) groups is 1. The minimum atomic E-state index is -0.861. The zero-order valence-corrected chi connectivity index (χ0v) is 12.3. The predicted octanol–water partition coefficient (Wildman–Crippen LogP) is 2.28. The van der Waals surface area contributed by atoms with Crippen LogP contribution in [0, 0.1) is 0 Å². The molecule has 20 heavy (non-hydrogen) atoms. The molecule has 0 saturated heterocycles. The van der Waals surface area contributed by atoms with Gasteiger partial charge < -0.3 is 19.5 Å². The predicted molar refractivity (Wildman–Crippen MR) is 78.6 cm³/mol. The van der Waals surface area contributed by atoms with E-state index in [9.17, 15) is 4.79 Å². The second kappa shape index (κ2) is 9.58. The SMILES string of the molecule is COCCOCCCN(CC(=O)O)c1ccc(Cl)cc1. The molecule has 1 rings (SSSR count). The monoisotopic (exact) mass is 301 g/mol. The zero-order valence-electron chi connectivity index (χ0n) is 11.5. The van der Waals surface area contributed by atoms with Crippen LogP contribution >= 0.6 is 11.6 Å². The van der Waals surface area contributed by atoms with Crippen LogP contribution in [0.3, 0.4) is 0 Å². The number of ether oxygens (including phenoxy) is 2. The molecule has 0 spiro atoms. The first-order chi connectivity index (χ1) is 9.63. The Balaban J connectivity index is 2.44. The van der Waals surface area contributed by atoms with Crippen molar-refractivity contribution in [1.82, 2.24) is 0 Å². The Morgan fingerprint density at radius 1 is 1.25 bits per heavy atom. The van der Waals surface area contributed by atoms with Gasteiger partial charge >= 0.3 is 5.97 Å². The number of hydrogen-bond acceptors (Lipinski definition) is 4. The van der Waals surface area contributed by atoms with Crippen molar-refractivity contribution in [2.45, 2.75) is 6.42 Å². The van der Waals surface area contributed by atoms with Crippen LogP contribution in [0.1, 0.15) is 6.42 Å². The van der Waals surface area contributed by atoms with E-state index in [0.29, 0.717) is 31.4 Å².